The van der Waals surface area contributed by atoms with Crippen molar-refractivity contribution in [2.24, 2.45) is 0 Å². The second-order valence-electron chi connectivity index (χ2n) is 22.8. The second-order valence-corrected chi connectivity index (χ2v) is 27.8. The van der Waals surface area contributed by atoms with Crippen LogP contribution in [-0.2, 0) is 16.2 Å². The van der Waals surface area contributed by atoms with Gasteiger partial charge in [-0.1, -0.05) is 177 Å². The molecule has 0 bridgehead atoms. The van der Waals surface area contributed by atoms with Crippen molar-refractivity contribution in [3.05, 3.63) is 198 Å². The highest BCUT2D eigenvalue weighted by molar-refractivity contribution is 7.00. The van der Waals surface area contributed by atoms with Gasteiger partial charge in [-0.25, -0.2) is 0 Å². The molecule has 0 atom stereocenters. The zero-order valence-corrected chi connectivity index (χ0v) is 42.2. The third-order valence-electron chi connectivity index (χ3n) is 14.9. The van der Waals surface area contributed by atoms with E-state index in [4.69, 9.17) is 0 Å². The van der Waals surface area contributed by atoms with Gasteiger partial charge in [0.1, 0.15) is 0 Å². The first-order valence-corrected chi connectivity index (χ1v) is 27.7. The summed E-state index contributed by atoms with van der Waals surface area (Å²) in [5.74, 6) is 0. The van der Waals surface area contributed by atoms with Crippen molar-refractivity contribution < 1.29 is 0 Å². The molecule has 2 aliphatic heterocycles. The number of hydrogen-bond acceptors (Lipinski definition) is 3. The van der Waals surface area contributed by atoms with E-state index in [1.807, 2.05) is 0 Å². The third kappa shape index (κ3) is 7.00. The minimum Gasteiger partial charge on any atom is -0.311 e. The summed E-state index contributed by atoms with van der Waals surface area (Å²) in [5, 5.41) is 1.44. The summed E-state index contributed by atoms with van der Waals surface area (Å²) in [6.07, 6.45) is 0. The maximum absolute atomic E-state index is 2.63. The Bertz CT molecular complexity index is 3190. The lowest BCUT2D eigenvalue weighted by molar-refractivity contribution is 0.590. The van der Waals surface area contributed by atoms with Crippen LogP contribution >= 0.6 is 0 Å². The van der Waals surface area contributed by atoms with Gasteiger partial charge in [-0.05, 0) is 139 Å². The van der Waals surface area contributed by atoms with Crippen molar-refractivity contribution in [3.63, 3.8) is 0 Å². The molecule has 0 saturated heterocycles. The lowest BCUT2D eigenvalue weighted by atomic mass is 9.33. The van der Waals surface area contributed by atoms with Gasteiger partial charge in [-0.3, -0.25) is 0 Å². The minimum atomic E-state index is -1.91. The van der Waals surface area contributed by atoms with Gasteiger partial charge in [0, 0.05) is 56.6 Å². The van der Waals surface area contributed by atoms with Crippen LogP contribution in [0.15, 0.2) is 176 Å². The summed E-state index contributed by atoms with van der Waals surface area (Å²) in [6.45, 7) is 26.2. The lowest BCUT2D eigenvalue weighted by Crippen LogP contribution is -2.62. The van der Waals surface area contributed by atoms with Crippen LogP contribution in [0, 0.1) is 0 Å². The normalized spacial score (nSPS) is 14.5. The highest BCUT2D eigenvalue weighted by Crippen LogP contribution is 2.52. The van der Waals surface area contributed by atoms with Crippen LogP contribution in [0.5, 0.6) is 0 Å². The average Bonchev–Trinajstić information content (AvgIpc) is 3.53. The molecular formula is C62H62BN3Si. The molecule has 11 rings (SSSR count). The molecular weight excluding hydrogens is 826 g/mol. The van der Waals surface area contributed by atoms with Crippen molar-refractivity contribution in [1.29, 1.82) is 0 Å². The molecule has 0 amide bonds. The molecule has 3 aliphatic rings. The van der Waals surface area contributed by atoms with E-state index in [2.05, 4.69) is 266 Å². The maximum atomic E-state index is 2.63. The first-order valence-electron chi connectivity index (χ1n) is 24.2. The Morgan fingerprint density at radius 2 is 1.00 bits per heavy atom. The number of fused-ring (bicyclic) bond motifs is 7. The molecule has 0 saturated carbocycles. The zero-order valence-electron chi connectivity index (χ0n) is 41.2. The van der Waals surface area contributed by atoms with E-state index in [1.165, 1.54) is 89.1 Å². The molecule has 8 aromatic rings. The monoisotopic (exact) mass is 887 g/mol. The number of benzene rings is 8. The fraction of sp³-hybridized carbons (Fsp3) is 0.226. The summed E-state index contributed by atoms with van der Waals surface area (Å²) in [7, 11) is -1.91. The van der Waals surface area contributed by atoms with Crippen LogP contribution in [0.25, 0.3) is 11.1 Å². The number of rotatable bonds is 6. The van der Waals surface area contributed by atoms with E-state index in [0.29, 0.717) is 0 Å². The molecule has 5 heteroatoms. The van der Waals surface area contributed by atoms with Gasteiger partial charge < -0.3 is 14.7 Å². The molecule has 2 heterocycles. The molecule has 67 heavy (non-hydrogen) atoms. The van der Waals surface area contributed by atoms with Gasteiger partial charge >= 0.3 is 0 Å². The highest BCUT2D eigenvalue weighted by Gasteiger charge is 2.45. The molecule has 8 aromatic carbocycles. The van der Waals surface area contributed by atoms with Crippen LogP contribution in [0.3, 0.4) is 0 Å². The Hall–Kier alpha value is -6.56. The molecule has 0 N–H and O–H groups in total. The summed E-state index contributed by atoms with van der Waals surface area (Å²) in [5.41, 5.74) is 22.9. The summed E-state index contributed by atoms with van der Waals surface area (Å²) < 4.78 is 0. The van der Waals surface area contributed by atoms with Crippen LogP contribution in [-0.4, -0.2) is 14.8 Å². The van der Waals surface area contributed by atoms with Gasteiger partial charge in [0.05, 0.1) is 8.07 Å². The summed E-state index contributed by atoms with van der Waals surface area (Å²) in [4.78, 5) is 7.64. The quantitative estimate of drug-likeness (QED) is 0.154. The van der Waals surface area contributed by atoms with Crippen molar-refractivity contribution in [2.45, 2.75) is 91.3 Å². The van der Waals surface area contributed by atoms with Crippen LogP contribution in [0.4, 0.5) is 51.2 Å². The fourth-order valence-electron chi connectivity index (χ4n) is 11.1. The summed E-state index contributed by atoms with van der Waals surface area (Å²) >= 11 is 0. The van der Waals surface area contributed by atoms with Crippen LogP contribution in [0.2, 0.25) is 19.6 Å². The SMILES string of the molecule is CC(C)(C)c1ccc(N2c3cc(N(c4ccccc4)c4ccccc4)ccc3B3c4cc(C(C)(C)C)ccc4N(c4ccc5c(c4)-c4ccccc4C5(C)C)c4cc([Si](C)(C)C)cc2c43)cc1. The molecule has 0 radical (unpaired) electrons. The van der Waals surface area contributed by atoms with Crippen molar-refractivity contribution in [3.8, 4) is 11.1 Å². The van der Waals surface area contributed by atoms with Crippen LogP contribution < -0.4 is 36.3 Å². The third-order valence-corrected chi connectivity index (χ3v) is 16.9. The van der Waals surface area contributed by atoms with E-state index in [-0.39, 0.29) is 23.0 Å². The van der Waals surface area contributed by atoms with E-state index >= 15 is 0 Å². The van der Waals surface area contributed by atoms with Crippen molar-refractivity contribution in [2.75, 3.05) is 14.7 Å². The smallest absolute Gasteiger partial charge is 0.252 e. The molecule has 0 fully saturated rings. The maximum Gasteiger partial charge on any atom is 0.252 e. The Kier molecular flexibility index (Phi) is 9.79. The fourth-order valence-corrected chi connectivity index (χ4v) is 12.3. The zero-order chi connectivity index (χ0) is 46.8. The Labute approximate surface area is 400 Å². The van der Waals surface area contributed by atoms with Gasteiger partial charge in [-0.2, -0.15) is 0 Å². The van der Waals surface area contributed by atoms with E-state index in [0.717, 1.165) is 17.1 Å². The molecule has 0 aromatic heterocycles. The molecule has 1 aliphatic carbocycles. The average molecular weight is 888 g/mol. The number of hydrogen-bond donors (Lipinski definition) is 0. The molecule has 332 valence electrons. The first kappa shape index (κ1) is 43.0. The van der Waals surface area contributed by atoms with E-state index in [1.54, 1.807) is 0 Å². The topological polar surface area (TPSA) is 9.72 Å². The molecule has 3 nitrogen and oxygen atoms in total. The van der Waals surface area contributed by atoms with Gasteiger partial charge in [0.2, 0.25) is 0 Å². The number of para-hydroxylation sites is 2. The Morgan fingerprint density at radius 1 is 0.448 bits per heavy atom. The second kappa shape index (κ2) is 15.2. The number of anilines is 9. The van der Waals surface area contributed by atoms with Crippen molar-refractivity contribution >= 4 is 87.5 Å². The minimum absolute atomic E-state index is 0.000583. The van der Waals surface area contributed by atoms with Crippen molar-refractivity contribution in [1.82, 2.24) is 0 Å². The molecule has 0 unspecified atom stereocenters. The Morgan fingerprint density at radius 3 is 1.61 bits per heavy atom. The standard InChI is InChI=1S/C62H62BN3Si/c1-60(2,3)41-26-29-45(30-27-41)65-56-38-47(64(43-20-14-12-15-21-43)44-22-16-13-17-23-44)32-34-53(56)63-54-36-42(61(4,5)6)28-35-55(54)66(58-40-48(67(9,10)11)39-57(65)59(58)63)46-31-33-52-50(37-46)49-24-18-19-25-51(49)62(52,7)8/h12-40H,1-11H3. The summed E-state index contributed by atoms with van der Waals surface area (Å²) in [6, 6.07) is 67.2. The predicted molar refractivity (Wildman–Crippen MR) is 293 cm³/mol. The van der Waals surface area contributed by atoms with Gasteiger partial charge in [0.15, 0.2) is 0 Å². The highest BCUT2D eigenvalue weighted by atomic mass is 28.3. The lowest BCUT2D eigenvalue weighted by Gasteiger charge is -2.45. The number of nitrogens with zero attached hydrogens (tertiary/aromatic N) is 3. The van der Waals surface area contributed by atoms with Gasteiger partial charge in [-0.15, -0.1) is 0 Å². The Balaban J connectivity index is 1.23. The van der Waals surface area contributed by atoms with Crippen LogP contribution in [0.1, 0.15) is 77.6 Å². The van der Waals surface area contributed by atoms with E-state index in [9.17, 15) is 0 Å². The predicted octanol–water partition coefficient (Wildman–Crippen LogP) is 14.7. The molecule has 0 spiro atoms. The van der Waals surface area contributed by atoms with E-state index < -0.39 is 8.07 Å². The largest absolute Gasteiger partial charge is 0.311 e. The van der Waals surface area contributed by atoms with Gasteiger partial charge in [0.25, 0.3) is 6.71 Å². The first-order chi connectivity index (χ1) is 31.9.